The third kappa shape index (κ3) is 8.64. The number of alkyl halides is 1. The third-order valence-electron chi connectivity index (χ3n) is 7.22. The van der Waals surface area contributed by atoms with Gasteiger partial charge in [0, 0.05) is 24.5 Å². The van der Waals surface area contributed by atoms with Gasteiger partial charge in [-0.15, -0.1) is 0 Å². The number of ether oxygens (including phenoxy) is 1. The number of rotatable bonds is 15. The molecule has 2 heterocycles. The normalized spacial score (nSPS) is 19.6. The van der Waals surface area contributed by atoms with Crippen molar-refractivity contribution in [1.82, 2.24) is 9.88 Å². The molecule has 0 unspecified atom stereocenters. The Morgan fingerprint density at radius 3 is 2.86 bits per heavy atom. The summed E-state index contributed by atoms with van der Waals surface area (Å²) < 4.78 is 20.8. The summed E-state index contributed by atoms with van der Waals surface area (Å²) in [5.74, 6) is 3.06. The fraction of sp³-hybridized carbons (Fsp3) is 0.643. The molecule has 1 saturated heterocycles. The lowest BCUT2D eigenvalue weighted by atomic mass is 9.79. The van der Waals surface area contributed by atoms with E-state index in [4.69, 9.17) is 4.74 Å². The zero-order valence-electron chi connectivity index (χ0n) is 21.3. The Balaban J connectivity index is 1.56. The number of nitrogens with zero attached hydrogens (tertiary/aromatic N) is 2. The molecule has 0 bridgehead atoms. The Bertz CT molecular complexity index is 928. The molecular formula is C28H41FN2O3S. The summed E-state index contributed by atoms with van der Waals surface area (Å²) in [6, 6.07) is 7.34. The maximum absolute atomic E-state index is 15.5. The highest BCUT2D eigenvalue weighted by atomic mass is 32.2. The van der Waals surface area contributed by atoms with Crippen molar-refractivity contribution in [3.05, 3.63) is 36.0 Å². The SMILES string of the molecule is CCCCSCCCN1CC[C@@H](CC[C@@H](F)c2ccnc3ccc(OC)cc23)[C@H](CCC(=O)O)C1. The van der Waals surface area contributed by atoms with Gasteiger partial charge in [0.05, 0.1) is 12.6 Å². The van der Waals surface area contributed by atoms with Gasteiger partial charge in [-0.05, 0) is 105 Å². The highest BCUT2D eigenvalue weighted by molar-refractivity contribution is 7.99. The summed E-state index contributed by atoms with van der Waals surface area (Å²) in [5.41, 5.74) is 1.43. The second kappa shape index (κ2) is 14.6. The number of halogens is 1. The zero-order valence-corrected chi connectivity index (χ0v) is 22.1. The summed E-state index contributed by atoms with van der Waals surface area (Å²) >= 11 is 2.04. The molecule has 0 saturated carbocycles. The average Bonchev–Trinajstić information content (AvgIpc) is 2.87. The van der Waals surface area contributed by atoms with Crippen molar-refractivity contribution in [3.8, 4) is 5.75 Å². The van der Waals surface area contributed by atoms with Gasteiger partial charge in [0.15, 0.2) is 0 Å². The van der Waals surface area contributed by atoms with Crippen LogP contribution in [0.15, 0.2) is 30.5 Å². The van der Waals surface area contributed by atoms with Crippen molar-refractivity contribution < 1.29 is 19.0 Å². The first kappa shape index (κ1) is 27.7. The summed E-state index contributed by atoms with van der Waals surface area (Å²) in [6.07, 6.45) is 7.41. The first-order valence-corrected chi connectivity index (χ1v) is 14.3. The Hall–Kier alpha value is -1.86. The fourth-order valence-electron chi connectivity index (χ4n) is 5.18. The third-order valence-corrected chi connectivity index (χ3v) is 8.38. The number of carbonyl (C=O) groups is 1. The van der Waals surface area contributed by atoms with E-state index in [9.17, 15) is 9.90 Å². The molecule has 1 fully saturated rings. The highest BCUT2D eigenvalue weighted by Crippen LogP contribution is 2.36. The molecule has 0 amide bonds. The molecule has 1 aromatic heterocycles. The van der Waals surface area contributed by atoms with Gasteiger partial charge in [0.2, 0.25) is 0 Å². The van der Waals surface area contributed by atoms with Gasteiger partial charge < -0.3 is 14.7 Å². The van der Waals surface area contributed by atoms with Gasteiger partial charge >= 0.3 is 5.97 Å². The average molecular weight is 505 g/mol. The summed E-state index contributed by atoms with van der Waals surface area (Å²) in [6.45, 7) is 5.26. The number of pyridine rings is 1. The van der Waals surface area contributed by atoms with Crippen LogP contribution in [-0.2, 0) is 4.79 Å². The van der Waals surface area contributed by atoms with Crippen LogP contribution >= 0.6 is 11.8 Å². The molecule has 0 aliphatic carbocycles. The van der Waals surface area contributed by atoms with Crippen LogP contribution in [0.2, 0.25) is 0 Å². The lowest BCUT2D eigenvalue weighted by molar-refractivity contribution is -0.137. The Morgan fingerprint density at radius 1 is 1.26 bits per heavy atom. The molecule has 3 rings (SSSR count). The van der Waals surface area contributed by atoms with E-state index in [1.165, 1.54) is 30.8 Å². The number of methoxy groups -OCH3 is 1. The van der Waals surface area contributed by atoms with Gasteiger partial charge in [-0.1, -0.05) is 13.3 Å². The monoisotopic (exact) mass is 504 g/mol. The number of likely N-dealkylation sites (tertiary alicyclic amines) is 1. The van der Waals surface area contributed by atoms with Crippen LogP contribution < -0.4 is 4.74 Å². The number of benzene rings is 1. The minimum atomic E-state index is -1.08. The lowest BCUT2D eigenvalue weighted by Crippen LogP contribution is -2.41. The van der Waals surface area contributed by atoms with Gasteiger partial charge in [0.25, 0.3) is 0 Å². The van der Waals surface area contributed by atoms with E-state index in [0.29, 0.717) is 36.0 Å². The number of hydrogen-bond donors (Lipinski definition) is 1. The summed E-state index contributed by atoms with van der Waals surface area (Å²) in [5, 5.41) is 10.1. The van der Waals surface area contributed by atoms with Crippen molar-refractivity contribution >= 4 is 28.6 Å². The molecule has 1 aliphatic rings. The molecule has 194 valence electrons. The molecule has 0 spiro atoms. The van der Waals surface area contributed by atoms with Crippen LogP contribution in [0.25, 0.3) is 10.9 Å². The van der Waals surface area contributed by atoms with E-state index in [0.717, 1.165) is 43.4 Å². The number of thioether (sulfide) groups is 1. The van der Waals surface area contributed by atoms with Crippen LogP contribution in [0.3, 0.4) is 0 Å². The van der Waals surface area contributed by atoms with Crippen LogP contribution in [0, 0.1) is 11.8 Å². The molecular weight excluding hydrogens is 463 g/mol. The van der Waals surface area contributed by atoms with Gasteiger partial charge in [-0.2, -0.15) is 11.8 Å². The van der Waals surface area contributed by atoms with E-state index in [2.05, 4.69) is 16.8 Å². The quantitative estimate of drug-likeness (QED) is 0.270. The Kier molecular flexibility index (Phi) is 11.6. The number of unbranched alkanes of at least 4 members (excludes halogenated alkanes) is 1. The number of carboxylic acid groups (broad SMARTS) is 1. The Morgan fingerprint density at radius 2 is 2.09 bits per heavy atom. The number of fused-ring (bicyclic) bond motifs is 1. The van der Waals surface area contributed by atoms with Gasteiger partial charge in [-0.25, -0.2) is 4.39 Å². The molecule has 35 heavy (non-hydrogen) atoms. The van der Waals surface area contributed by atoms with Crippen molar-refractivity contribution in [3.63, 3.8) is 0 Å². The first-order chi connectivity index (χ1) is 17.0. The molecule has 3 atom stereocenters. The number of aromatic nitrogens is 1. The van der Waals surface area contributed by atoms with Crippen LogP contribution in [0.5, 0.6) is 5.75 Å². The van der Waals surface area contributed by atoms with E-state index in [1.807, 2.05) is 30.0 Å². The molecule has 1 N–H and O–H groups in total. The van der Waals surface area contributed by atoms with Crippen molar-refractivity contribution in [2.24, 2.45) is 11.8 Å². The molecule has 0 radical (unpaired) electrons. The van der Waals surface area contributed by atoms with Crippen molar-refractivity contribution in [2.75, 3.05) is 38.2 Å². The van der Waals surface area contributed by atoms with Crippen molar-refractivity contribution in [1.29, 1.82) is 0 Å². The summed E-state index contributed by atoms with van der Waals surface area (Å²) in [4.78, 5) is 18.1. The predicted molar refractivity (Wildman–Crippen MR) is 143 cm³/mol. The van der Waals surface area contributed by atoms with Crippen molar-refractivity contribution in [2.45, 2.75) is 64.5 Å². The number of hydrogen-bond acceptors (Lipinski definition) is 5. The molecule has 7 heteroatoms. The maximum atomic E-state index is 15.5. The Labute approximate surface area is 213 Å². The van der Waals surface area contributed by atoms with Gasteiger partial charge in [0.1, 0.15) is 11.9 Å². The molecule has 1 aromatic carbocycles. The largest absolute Gasteiger partial charge is 0.497 e. The number of piperidine rings is 1. The van der Waals surface area contributed by atoms with E-state index >= 15 is 4.39 Å². The first-order valence-electron chi connectivity index (χ1n) is 13.1. The van der Waals surface area contributed by atoms with Crippen LogP contribution in [-0.4, -0.2) is 59.2 Å². The van der Waals surface area contributed by atoms with Gasteiger partial charge in [-0.3, -0.25) is 9.78 Å². The van der Waals surface area contributed by atoms with Crippen LogP contribution in [0.1, 0.15) is 70.0 Å². The lowest BCUT2D eigenvalue weighted by Gasteiger charge is -2.39. The molecule has 1 aliphatic heterocycles. The second-order valence-electron chi connectivity index (χ2n) is 9.69. The number of aliphatic carboxylic acids is 1. The topological polar surface area (TPSA) is 62.7 Å². The van der Waals surface area contributed by atoms with E-state index < -0.39 is 12.1 Å². The predicted octanol–water partition coefficient (Wildman–Crippen LogP) is 6.76. The highest BCUT2D eigenvalue weighted by Gasteiger charge is 2.30. The van der Waals surface area contributed by atoms with Crippen LogP contribution in [0.4, 0.5) is 4.39 Å². The maximum Gasteiger partial charge on any atom is 0.303 e. The summed E-state index contributed by atoms with van der Waals surface area (Å²) in [7, 11) is 1.61. The molecule has 5 nitrogen and oxygen atoms in total. The minimum absolute atomic E-state index is 0.190. The fourth-order valence-corrected chi connectivity index (χ4v) is 6.21. The minimum Gasteiger partial charge on any atom is -0.497 e. The number of carboxylic acids is 1. The van der Waals surface area contributed by atoms with E-state index in [-0.39, 0.29) is 6.42 Å². The zero-order chi connectivity index (χ0) is 25.0. The molecule has 2 aromatic rings. The smallest absolute Gasteiger partial charge is 0.303 e. The second-order valence-corrected chi connectivity index (χ2v) is 10.9. The van der Waals surface area contributed by atoms with E-state index in [1.54, 1.807) is 19.4 Å². The standard InChI is InChI=1S/C28H41FN2O3S/c1-3-4-17-35-18-5-15-31-16-13-21(22(20-31)7-11-28(32)33)6-9-26(29)24-12-14-30-27-10-8-23(34-2)19-25(24)27/h8,10,12,14,19,21-22,26H,3-7,9,11,13,15-18,20H2,1-2H3,(H,32,33)/t21-,22-,26-/m1/s1.